The van der Waals surface area contributed by atoms with Crippen LogP contribution in [-0.4, -0.2) is 137 Å². The minimum Gasteiger partial charge on any atom is -0.369 e. The van der Waals surface area contributed by atoms with Gasteiger partial charge in [0.1, 0.15) is 11.6 Å². The van der Waals surface area contributed by atoms with Crippen molar-refractivity contribution >= 4 is 0 Å². The summed E-state index contributed by atoms with van der Waals surface area (Å²) in [5.74, 6) is 2.54. The Morgan fingerprint density at radius 1 is 0.700 bits per heavy atom. The highest BCUT2D eigenvalue weighted by atomic mass is 15.4. The third-order valence-electron chi connectivity index (χ3n) is 6.28. The Kier molecular flexibility index (Phi) is 11.7. The molecule has 3 aliphatic heterocycles. The van der Waals surface area contributed by atoms with E-state index < -0.39 is 0 Å². The van der Waals surface area contributed by atoms with Crippen molar-refractivity contribution in [2.45, 2.75) is 20.8 Å². The normalized spacial score (nSPS) is 28.2. The molecule has 0 radical (unpaired) electrons. The molecular weight excluding hydrogens is 376 g/mol. The zero-order valence-electron chi connectivity index (χ0n) is 20.3. The summed E-state index contributed by atoms with van der Waals surface area (Å²) in [6.45, 7) is 22.9. The Balaban J connectivity index is 2.14. The van der Waals surface area contributed by atoms with Crippen LogP contribution in [0, 0.1) is 0 Å². The lowest BCUT2D eigenvalue weighted by atomic mass is 10.3. The summed E-state index contributed by atoms with van der Waals surface area (Å²) in [4.78, 5) is 12.5. The van der Waals surface area contributed by atoms with Crippen molar-refractivity contribution in [3.8, 4) is 0 Å². The van der Waals surface area contributed by atoms with Crippen LogP contribution in [0.25, 0.3) is 0 Å². The number of fused-ring (bicyclic) bond motifs is 14. The Bertz CT molecular complexity index is 486. The molecule has 0 aromatic heterocycles. The highest BCUT2D eigenvalue weighted by Crippen LogP contribution is 2.15. The van der Waals surface area contributed by atoms with E-state index >= 15 is 0 Å². The van der Waals surface area contributed by atoms with Crippen LogP contribution in [0.5, 0.6) is 0 Å². The molecule has 3 N–H and O–H groups in total. The topological polar surface area (TPSA) is 52.3 Å². The van der Waals surface area contributed by atoms with Crippen molar-refractivity contribution in [1.82, 2.24) is 40.4 Å². The molecule has 30 heavy (non-hydrogen) atoms. The third kappa shape index (κ3) is 7.80. The van der Waals surface area contributed by atoms with Gasteiger partial charge in [0.2, 0.25) is 0 Å². The first kappa shape index (κ1) is 25.0. The molecule has 3 rings (SSSR count). The minimum atomic E-state index is 0.925. The molecule has 3 heterocycles. The Hall–Kier alpha value is -1.22. The van der Waals surface area contributed by atoms with E-state index in [1.54, 1.807) is 0 Å². The van der Waals surface area contributed by atoms with Gasteiger partial charge in [0.05, 0.1) is 0 Å². The molecule has 0 aliphatic carbocycles. The van der Waals surface area contributed by atoms with E-state index in [0.717, 1.165) is 72.0 Å². The van der Waals surface area contributed by atoms with E-state index in [4.69, 9.17) is 0 Å². The number of rotatable bonds is 5. The number of likely N-dealkylation sites (N-methyl/N-ethyl adjacent to an activating group) is 2. The lowest BCUT2D eigenvalue weighted by Crippen LogP contribution is -2.50. The molecule has 0 unspecified atom stereocenters. The molecule has 8 nitrogen and oxygen atoms in total. The van der Waals surface area contributed by atoms with Gasteiger partial charge in [0.15, 0.2) is 0 Å². The largest absolute Gasteiger partial charge is 0.369 e. The van der Waals surface area contributed by atoms with Crippen molar-refractivity contribution in [2.75, 3.05) is 112 Å². The molecule has 176 valence electrons. The first-order chi connectivity index (χ1) is 14.6. The number of nitrogens with one attached hydrogen (secondary N) is 3. The summed E-state index contributed by atoms with van der Waals surface area (Å²) in [5.41, 5.74) is 0. The summed E-state index contributed by atoms with van der Waals surface area (Å²) < 4.78 is 0. The van der Waals surface area contributed by atoms with Crippen LogP contribution in [0.15, 0.2) is 11.6 Å². The van der Waals surface area contributed by atoms with Gasteiger partial charge in [-0.1, -0.05) is 0 Å². The standard InChI is InChI=1S/C22H48N8/c1-6-25-21-22(30(7-2)8-3)27(5)14-10-24-12-16-29-19-17-28(18-20-29)15-11-23-9-13-26(21)4/h23-25H,6-20H2,1-5H3/b22-21+. The monoisotopic (exact) mass is 424 g/mol. The van der Waals surface area contributed by atoms with E-state index in [2.05, 4.69) is 75.3 Å². The van der Waals surface area contributed by atoms with Gasteiger partial charge in [0.25, 0.3) is 0 Å². The van der Waals surface area contributed by atoms with E-state index in [1.807, 2.05) is 0 Å². The summed E-state index contributed by atoms with van der Waals surface area (Å²) in [6.07, 6.45) is 0. The minimum absolute atomic E-state index is 0.925. The maximum absolute atomic E-state index is 3.67. The van der Waals surface area contributed by atoms with Gasteiger partial charge in [-0.05, 0) is 20.8 Å². The predicted octanol–water partition coefficient (Wildman–Crippen LogP) is -0.262. The quantitative estimate of drug-likeness (QED) is 0.522. The molecule has 0 spiro atoms. The zero-order chi connectivity index (χ0) is 21.8. The van der Waals surface area contributed by atoms with Crippen LogP contribution in [0.1, 0.15) is 20.8 Å². The highest BCUT2D eigenvalue weighted by molar-refractivity contribution is 5.10. The third-order valence-corrected chi connectivity index (χ3v) is 6.28. The van der Waals surface area contributed by atoms with Gasteiger partial charge in [-0.15, -0.1) is 0 Å². The smallest absolute Gasteiger partial charge is 0.145 e. The maximum Gasteiger partial charge on any atom is 0.145 e. The highest BCUT2D eigenvalue weighted by Gasteiger charge is 2.20. The summed E-state index contributed by atoms with van der Waals surface area (Å²) in [6, 6.07) is 0. The lowest BCUT2D eigenvalue weighted by Gasteiger charge is -2.38. The van der Waals surface area contributed by atoms with Crippen LogP contribution in [-0.2, 0) is 0 Å². The molecule has 2 bridgehead atoms. The fourth-order valence-corrected chi connectivity index (χ4v) is 4.32. The fraction of sp³-hybridized carbons (Fsp3) is 0.909. The van der Waals surface area contributed by atoms with Crippen LogP contribution in [0.3, 0.4) is 0 Å². The molecule has 3 aliphatic rings. The van der Waals surface area contributed by atoms with Gasteiger partial charge >= 0.3 is 0 Å². The molecule has 0 aromatic rings. The van der Waals surface area contributed by atoms with E-state index in [1.165, 1.54) is 37.8 Å². The Morgan fingerprint density at radius 2 is 1.17 bits per heavy atom. The molecular formula is C22H48N8. The molecule has 0 atom stereocenters. The number of hydrogen-bond donors (Lipinski definition) is 3. The van der Waals surface area contributed by atoms with Crippen LogP contribution < -0.4 is 16.0 Å². The Labute approximate surface area is 185 Å². The molecule has 0 aromatic carbocycles. The van der Waals surface area contributed by atoms with Crippen LogP contribution >= 0.6 is 0 Å². The van der Waals surface area contributed by atoms with Gasteiger partial charge < -0.3 is 30.7 Å². The Morgan fingerprint density at radius 3 is 1.63 bits per heavy atom. The van der Waals surface area contributed by atoms with Crippen molar-refractivity contribution < 1.29 is 0 Å². The first-order valence-electron chi connectivity index (χ1n) is 12.1. The van der Waals surface area contributed by atoms with Crippen LogP contribution in [0.4, 0.5) is 0 Å². The first-order valence-corrected chi connectivity index (χ1v) is 12.1. The molecule has 8 heteroatoms. The second-order valence-electron chi connectivity index (χ2n) is 8.40. The maximum atomic E-state index is 3.67. The van der Waals surface area contributed by atoms with Gasteiger partial charge in [-0.25, -0.2) is 0 Å². The van der Waals surface area contributed by atoms with Crippen molar-refractivity contribution in [3.05, 3.63) is 11.6 Å². The average Bonchev–Trinajstić information content (AvgIpc) is 2.75. The fourth-order valence-electron chi connectivity index (χ4n) is 4.32. The average molecular weight is 425 g/mol. The van der Waals surface area contributed by atoms with Crippen molar-refractivity contribution in [3.63, 3.8) is 0 Å². The van der Waals surface area contributed by atoms with Gasteiger partial charge in [-0.2, -0.15) is 0 Å². The number of nitrogens with zero attached hydrogens (tertiary/aromatic N) is 5. The molecule has 0 amide bonds. The van der Waals surface area contributed by atoms with E-state index in [0.29, 0.717) is 0 Å². The predicted molar refractivity (Wildman–Crippen MR) is 128 cm³/mol. The van der Waals surface area contributed by atoms with Crippen LogP contribution in [0.2, 0.25) is 0 Å². The van der Waals surface area contributed by atoms with E-state index in [-0.39, 0.29) is 0 Å². The summed E-state index contributed by atoms with van der Waals surface area (Å²) >= 11 is 0. The molecule has 0 saturated carbocycles. The van der Waals surface area contributed by atoms with Gasteiger partial charge in [0, 0.05) is 112 Å². The zero-order valence-corrected chi connectivity index (χ0v) is 20.3. The van der Waals surface area contributed by atoms with Crippen molar-refractivity contribution in [1.29, 1.82) is 0 Å². The number of piperazine rings is 1. The summed E-state index contributed by atoms with van der Waals surface area (Å²) in [5, 5.41) is 11.0. The lowest BCUT2D eigenvalue weighted by molar-refractivity contribution is 0.133. The van der Waals surface area contributed by atoms with Gasteiger partial charge in [-0.3, -0.25) is 9.80 Å². The SMILES string of the molecule is CCN/C1=C(\N(CC)CC)N(C)CCNCCN2CCN(CCNCCN1C)CC2. The summed E-state index contributed by atoms with van der Waals surface area (Å²) in [7, 11) is 4.45. The second-order valence-corrected chi connectivity index (χ2v) is 8.40. The second kappa shape index (κ2) is 14.0. The number of hydrogen-bond acceptors (Lipinski definition) is 8. The molecule has 1 fully saturated rings. The van der Waals surface area contributed by atoms with E-state index in [9.17, 15) is 0 Å². The van der Waals surface area contributed by atoms with Crippen molar-refractivity contribution in [2.24, 2.45) is 0 Å². The molecule has 1 saturated heterocycles.